The highest BCUT2D eigenvalue weighted by Crippen LogP contribution is 2.23. The predicted octanol–water partition coefficient (Wildman–Crippen LogP) is 2.02. The zero-order chi connectivity index (χ0) is 16.2. The van der Waals surface area contributed by atoms with Gasteiger partial charge in [-0.25, -0.2) is 9.78 Å². The summed E-state index contributed by atoms with van der Waals surface area (Å²) in [5, 5.41) is 2.93. The lowest BCUT2D eigenvalue weighted by atomic mass is 10.1. The van der Waals surface area contributed by atoms with Gasteiger partial charge in [0.15, 0.2) is 0 Å². The molecule has 0 spiro atoms. The van der Waals surface area contributed by atoms with Gasteiger partial charge < -0.3 is 15.2 Å². The molecule has 2 aromatic rings. The van der Waals surface area contributed by atoms with Gasteiger partial charge in [0.1, 0.15) is 5.82 Å². The number of amides is 2. The SMILES string of the molecule is CCN1CCN(C(=O)Nc2cncc(C)c2)CC1c1ncc[nH]1. The number of carbonyl (C=O) groups is 1. The fourth-order valence-corrected chi connectivity index (χ4v) is 2.93. The van der Waals surface area contributed by atoms with Crippen LogP contribution in [0.5, 0.6) is 0 Å². The number of carbonyl (C=O) groups excluding carboxylic acids is 1. The van der Waals surface area contributed by atoms with Crippen LogP contribution in [0.2, 0.25) is 0 Å². The second-order valence-electron chi connectivity index (χ2n) is 5.75. The van der Waals surface area contributed by atoms with Crippen LogP contribution < -0.4 is 5.32 Å². The highest BCUT2D eigenvalue weighted by Gasteiger charge is 2.31. The van der Waals surface area contributed by atoms with E-state index in [2.05, 4.69) is 32.1 Å². The van der Waals surface area contributed by atoms with Crippen LogP contribution >= 0.6 is 0 Å². The van der Waals surface area contributed by atoms with Crippen LogP contribution in [0, 0.1) is 6.92 Å². The molecule has 3 heterocycles. The van der Waals surface area contributed by atoms with Gasteiger partial charge in [0.25, 0.3) is 0 Å². The zero-order valence-corrected chi connectivity index (χ0v) is 13.5. The summed E-state index contributed by atoms with van der Waals surface area (Å²) in [6.07, 6.45) is 7.00. The molecule has 122 valence electrons. The van der Waals surface area contributed by atoms with Crippen molar-refractivity contribution in [3.8, 4) is 0 Å². The van der Waals surface area contributed by atoms with Crippen LogP contribution in [0.4, 0.5) is 10.5 Å². The first kappa shape index (κ1) is 15.5. The lowest BCUT2D eigenvalue weighted by Gasteiger charge is -2.39. The number of likely N-dealkylation sites (N-methyl/N-ethyl adjacent to an activating group) is 1. The summed E-state index contributed by atoms with van der Waals surface area (Å²) in [5.74, 6) is 0.904. The molecule has 1 aliphatic rings. The van der Waals surface area contributed by atoms with E-state index < -0.39 is 0 Å². The number of rotatable bonds is 3. The van der Waals surface area contributed by atoms with Crippen molar-refractivity contribution >= 4 is 11.7 Å². The Morgan fingerprint density at radius 3 is 3.00 bits per heavy atom. The molecule has 1 atom stereocenters. The smallest absolute Gasteiger partial charge is 0.321 e. The number of hydrogen-bond acceptors (Lipinski definition) is 4. The number of anilines is 1. The molecular weight excluding hydrogens is 292 g/mol. The molecule has 0 aliphatic carbocycles. The first-order valence-corrected chi connectivity index (χ1v) is 7.88. The average molecular weight is 314 g/mol. The number of nitrogens with zero attached hydrogens (tertiary/aromatic N) is 4. The first-order chi connectivity index (χ1) is 11.2. The van der Waals surface area contributed by atoms with Crippen LogP contribution in [0.25, 0.3) is 0 Å². The van der Waals surface area contributed by atoms with E-state index >= 15 is 0 Å². The van der Waals surface area contributed by atoms with Gasteiger partial charge in [-0.1, -0.05) is 6.92 Å². The topological polar surface area (TPSA) is 77.2 Å². The Bertz CT molecular complexity index is 656. The Morgan fingerprint density at radius 2 is 2.30 bits per heavy atom. The monoisotopic (exact) mass is 314 g/mol. The number of piperazine rings is 1. The van der Waals surface area contributed by atoms with E-state index in [9.17, 15) is 4.79 Å². The first-order valence-electron chi connectivity index (χ1n) is 7.88. The molecule has 1 fully saturated rings. The van der Waals surface area contributed by atoms with E-state index in [1.54, 1.807) is 18.6 Å². The molecule has 7 nitrogen and oxygen atoms in total. The molecule has 0 bridgehead atoms. The minimum Gasteiger partial charge on any atom is -0.347 e. The van der Waals surface area contributed by atoms with Crippen molar-refractivity contribution in [2.75, 3.05) is 31.5 Å². The van der Waals surface area contributed by atoms with Gasteiger partial charge in [-0.05, 0) is 25.1 Å². The van der Waals surface area contributed by atoms with Gasteiger partial charge in [-0.2, -0.15) is 0 Å². The fraction of sp³-hybridized carbons (Fsp3) is 0.438. The molecule has 0 saturated carbocycles. The van der Waals surface area contributed by atoms with Crippen molar-refractivity contribution in [2.24, 2.45) is 0 Å². The normalized spacial score (nSPS) is 18.9. The van der Waals surface area contributed by atoms with Gasteiger partial charge in [-0.15, -0.1) is 0 Å². The minimum absolute atomic E-state index is 0.0929. The van der Waals surface area contributed by atoms with Crippen molar-refractivity contribution in [2.45, 2.75) is 19.9 Å². The van der Waals surface area contributed by atoms with Gasteiger partial charge in [0.05, 0.1) is 17.9 Å². The average Bonchev–Trinajstić information content (AvgIpc) is 3.08. The molecule has 0 radical (unpaired) electrons. The maximum atomic E-state index is 12.5. The Labute approximate surface area is 135 Å². The Kier molecular flexibility index (Phi) is 4.57. The largest absolute Gasteiger partial charge is 0.347 e. The van der Waals surface area contributed by atoms with E-state index in [0.29, 0.717) is 13.1 Å². The number of aryl methyl sites for hydroxylation is 1. The summed E-state index contributed by atoms with van der Waals surface area (Å²) in [7, 11) is 0. The molecular formula is C16H22N6O. The van der Waals surface area contributed by atoms with E-state index in [0.717, 1.165) is 30.2 Å². The maximum absolute atomic E-state index is 12.5. The summed E-state index contributed by atoms with van der Waals surface area (Å²) in [5.41, 5.74) is 1.74. The quantitative estimate of drug-likeness (QED) is 0.908. The molecule has 2 aromatic heterocycles. The number of urea groups is 1. The zero-order valence-electron chi connectivity index (χ0n) is 13.5. The molecule has 3 rings (SSSR count). The number of aromatic nitrogens is 3. The molecule has 1 aliphatic heterocycles. The number of aromatic amines is 1. The summed E-state index contributed by atoms with van der Waals surface area (Å²) in [6, 6.07) is 1.92. The van der Waals surface area contributed by atoms with Crippen molar-refractivity contribution < 1.29 is 4.79 Å². The third-order valence-corrected chi connectivity index (χ3v) is 4.15. The Hall–Kier alpha value is -2.41. The van der Waals surface area contributed by atoms with Crippen molar-refractivity contribution in [1.29, 1.82) is 0 Å². The molecule has 1 saturated heterocycles. The second kappa shape index (κ2) is 6.78. The van der Waals surface area contributed by atoms with Crippen LogP contribution in [0.1, 0.15) is 24.4 Å². The number of H-pyrrole nitrogens is 1. The number of imidazole rings is 1. The summed E-state index contributed by atoms with van der Waals surface area (Å²) in [4.78, 5) is 28.3. The standard InChI is InChI=1S/C16H22N6O/c1-3-21-6-7-22(11-14(21)15-18-4-5-19-15)16(23)20-13-8-12(2)9-17-10-13/h4-5,8-10,14H,3,6-7,11H2,1-2H3,(H,18,19)(H,20,23). The lowest BCUT2D eigenvalue weighted by molar-refractivity contribution is 0.0946. The van der Waals surface area contributed by atoms with Crippen LogP contribution in [-0.2, 0) is 0 Å². The predicted molar refractivity (Wildman–Crippen MR) is 88.1 cm³/mol. The fourth-order valence-electron chi connectivity index (χ4n) is 2.93. The van der Waals surface area contributed by atoms with Crippen molar-refractivity contribution in [1.82, 2.24) is 24.8 Å². The summed E-state index contributed by atoms with van der Waals surface area (Å²) in [6.45, 7) is 7.17. The van der Waals surface area contributed by atoms with Crippen molar-refractivity contribution in [3.05, 3.63) is 42.2 Å². The molecule has 0 aromatic carbocycles. The lowest BCUT2D eigenvalue weighted by Crippen LogP contribution is -2.51. The number of hydrogen-bond donors (Lipinski definition) is 2. The van der Waals surface area contributed by atoms with Gasteiger partial charge in [0.2, 0.25) is 0 Å². The molecule has 2 N–H and O–H groups in total. The van der Waals surface area contributed by atoms with Crippen molar-refractivity contribution in [3.63, 3.8) is 0 Å². The van der Waals surface area contributed by atoms with Gasteiger partial charge in [0, 0.05) is 38.2 Å². The number of pyridine rings is 1. The Balaban J connectivity index is 1.69. The van der Waals surface area contributed by atoms with E-state index in [1.807, 2.05) is 24.1 Å². The van der Waals surface area contributed by atoms with E-state index in [1.165, 1.54) is 0 Å². The molecule has 2 amide bonds. The van der Waals surface area contributed by atoms with Gasteiger partial charge in [-0.3, -0.25) is 9.88 Å². The highest BCUT2D eigenvalue weighted by atomic mass is 16.2. The summed E-state index contributed by atoms with van der Waals surface area (Å²) < 4.78 is 0. The molecule has 1 unspecified atom stereocenters. The second-order valence-corrected chi connectivity index (χ2v) is 5.75. The maximum Gasteiger partial charge on any atom is 0.321 e. The van der Waals surface area contributed by atoms with E-state index in [-0.39, 0.29) is 12.1 Å². The van der Waals surface area contributed by atoms with E-state index in [4.69, 9.17) is 0 Å². The third-order valence-electron chi connectivity index (χ3n) is 4.15. The highest BCUT2D eigenvalue weighted by molar-refractivity contribution is 5.89. The van der Waals surface area contributed by atoms with Crippen LogP contribution in [-0.4, -0.2) is 57.0 Å². The number of nitrogens with one attached hydrogen (secondary N) is 2. The Morgan fingerprint density at radius 1 is 1.43 bits per heavy atom. The van der Waals surface area contributed by atoms with Gasteiger partial charge >= 0.3 is 6.03 Å². The molecule has 7 heteroatoms. The summed E-state index contributed by atoms with van der Waals surface area (Å²) >= 11 is 0. The van der Waals surface area contributed by atoms with Crippen LogP contribution in [0.3, 0.4) is 0 Å². The molecule has 23 heavy (non-hydrogen) atoms. The minimum atomic E-state index is -0.0929. The van der Waals surface area contributed by atoms with Crippen LogP contribution in [0.15, 0.2) is 30.9 Å². The third kappa shape index (κ3) is 3.50.